The molecule has 6 heteroatoms. The summed E-state index contributed by atoms with van der Waals surface area (Å²) in [5, 5.41) is 20.6. The largest absolute Gasteiger partial charge is 0.491 e. The molecular weight excluding hydrogens is 294 g/mol. The van der Waals surface area contributed by atoms with Gasteiger partial charge >= 0.3 is 0 Å². The molecule has 21 heavy (non-hydrogen) atoms. The molecule has 2 rings (SSSR count). The van der Waals surface area contributed by atoms with Crippen LogP contribution in [-0.2, 0) is 13.0 Å². The van der Waals surface area contributed by atoms with Crippen LogP contribution in [0, 0.1) is 10.1 Å². The molecule has 0 spiro atoms. The average molecular weight is 308 g/mol. The van der Waals surface area contributed by atoms with Crippen LogP contribution in [0.4, 0.5) is 5.69 Å². The van der Waals surface area contributed by atoms with E-state index in [-0.39, 0.29) is 18.9 Å². The Bertz CT molecular complexity index is 645. The van der Waals surface area contributed by atoms with E-state index < -0.39 is 4.92 Å². The van der Waals surface area contributed by atoms with Gasteiger partial charge in [0.2, 0.25) is 0 Å². The van der Waals surface area contributed by atoms with E-state index in [1.54, 1.807) is 36.4 Å². The predicted molar refractivity (Wildman–Crippen MR) is 79.7 cm³/mol. The number of ether oxygens (including phenoxy) is 1. The molecule has 5 nitrogen and oxygen atoms in total. The molecule has 0 aliphatic heterocycles. The number of hydrogen-bond acceptors (Lipinski definition) is 4. The Morgan fingerprint density at radius 3 is 2.57 bits per heavy atom. The van der Waals surface area contributed by atoms with Gasteiger partial charge in [0.25, 0.3) is 5.69 Å². The SMILES string of the molecule is O=[N+]([O-])c1ccccc1CCOc1c(Cl)cccc1CO. The molecule has 110 valence electrons. The summed E-state index contributed by atoms with van der Waals surface area (Å²) in [6.07, 6.45) is 0.382. The molecule has 0 fully saturated rings. The highest BCUT2D eigenvalue weighted by molar-refractivity contribution is 6.32. The van der Waals surface area contributed by atoms with Crippen molar-refractivity contribution in [3.63, 3.8) is 0 Å². The molecule has 0 aliphatic carbocycles. The van der Waals surface area contributed by atoms with Crippen molar-refractivity contribution in [2.75, 3.05) is 6.61 Å². The molecule has 0 aromatic heterocycles. The third-order valence-corrected chi connectivity index (χ3v) is 3.32. The first-order chi connectivity index (χ1) is 10.1. The maximum absolute atomic E-state index is 10.9. The van der Waals surface area contributed by atoms with Crippen LogP contribution in [0.15, 0.2) is 42.5 Å². The Morgan fingerprint density at radius 1 is 1.14 bits per heavy atom. The molecule has 0 saturated carbocycles. The van der Waals surface area contributed by atoms with Gasteiger partial charge in [0.05, 0.1) is 23.2 Å². The van der Waals surface area contributed by atoms with Crippen LogP contribution < -0.4 is 4.74 Å². The molecule has 0 bridgehead atoms. The highest BCUT2D eigenvalue weighted by Crippen LogP contribution is 2.29. The van der Waals surface area contributed by atoms with E-state index in [1.807, 2.05) is 0 Å². The van der Waals surface area contributed by atoms with Gasteiger partial charge in [-0.05, 0) is 6.07 Å². The Hall–Kier alpha value is -2.11. The van der Waals surface area contributed by atoms with Crippen LogP contribution in [0.25, 0.3) is 0 Å². The molecule has 0 heterocycles. The Balaban J connectivity index is 2.07. The van der Waals surface area contributed by atoms with Gasteiger partial charge < -0.3 is 9.84 Å². The van der Waals surface area contributed by atoms with Crippen LogP contribution >= 0.6 is 11.6 Å². The van der Waals surface area contributed by atoms with Crippen molar-refractivity contribution in [1.82, 2.24) is 0 Å². The zero-order chi connectivity index (χ0) is 15.2. The van der Waals surface area contributed by atoms with Crippen LogP contribution in [0.1, 0.15) is 11.1 Å². The van der Waals surface area contributed by atoms with Gasteiger partial charge in [-0.2, -0.15) is 0 Å². The van der Waals surface area contributed by atoms with Crippen LogP contribution in [0.2, 0.25) is 5.02 Å². The van der Waals surface area contributed by atoms with Crippen LogP contribution in [-0.4, -0.2) is 16.6 Å². The second kappa shape index (κ2) is 7.06. The smallest absolute Gasteiger partial charge is 0.272 e. The third kappa shape index (κ3) is 3.71. The first-order valence-electron chi connectivity index (χ1n) is 6.37. The first kappa shape index (κ1) is 15.3. The number of nitro groups is 1. The van der Waals surface area contributed by atoms with Gasteiger partial charge in [-0.1, -0.05) is 41.9 Å². The minimum atomic E-state index is -0.413. The van der Waals surface area contributed by atoms with Crippen LogP contribution in [0.5, 0.6) is 5.75 Å². The maximum atomic E-state index is 10.9. The summed E-state index contributed by atoms with van der Waals surface area (Å²) in [6, 6.07) is 11.6. The normalized spacial score (nSPS) is 10.4. The lowest BCUT2D eigenvalue weighted by Crippen LogP contribution is -2.05. The van der Waals surface area contributed by atoms with E-state index in [9.17, 15) is 15.2 Å². The van der Waals surface area contributed by atoms with Crippen molar-refractivity contribution in [1.29, 1.82) is 0 Å². The summed E-state index contributed by atoms with van der Waals surface area (Å²) < 4.78 is 5.58. The van der Waals surface area contributed by atoms with Gasteiger partial charge in [0.15, 0.2) is 0 Å². The second-order valence-electron chi connectivity index (χ2n) is 4.37. The number of benzene rings is 2. The number of halogens is 1. The van der Waals surface area contributed by atoms with E-state index in [4.69, 9.17) is 16.3 Å². The first-order valence-corrected chi connectivity index (χ1v) is 6.74. The van der Waals surface area contributed by atoms with Gasteiger partial charge in [0, 0.05) is 23.6 Å². The summed E-state index contributed by atoms with van der Waals surface area (Å²) in [5.41, 5.74) is 1.26. The topological polar surface area (TPSA) is 72.6 Å². The van der Waals surface area contributed by atoms with Gasteiger partial charge in [-0.15, -0.1) is 0 Å². The van der Waals surface area contributed by atoms with Crippen molar-refractivity contribution in [2.24, 2.45) is 0 Å². The summed E-state index contributed by atoms with van der Waals surface area (Å²) >= 11 is 6.03. The van der Waals surface area contributed by atoms with E-state index in [0.29, 0.717) is 28.3 Å². The zero-order valence-corrected chi connectivity index (χ0v) is 11.9. The predicted octanol–water partition coefficient (Wildman–Crippen LogP) is 3.36. The number of rotatable bonds is 6. The number of aliphatic hydroxyl groups excluding tert-OH is 1. The lowest BCUT2D eigenvalue weighted by Gasteiger charge is -2.11. The monoisotopic (exact) mass is 307 g/mol. The molecule has 0 unspecified atom stereocenters. The molecular formula is C15H14ClNO4. The van der Waals surface area contributed by atoms with Crippen molar-refractivity contribution in [3.05, 3.63) is 68.7 Å². The Labute approximate surface area is 126 Å². The summed E-state index contributed by atoms with van der Waals surface area (Å²) in [4.78, 5) is 10.5. The molecule has 2 aromatic carbocycles. The average Bonchev–Trinajstić information content (AvgIpc) is 2.49. The van der Waals surface area contributed by atoms with Crippen molar-refractivity contribution >= 4 is 17.3 Å². The standard InChI is InChI=1S/C15H14ClNO4/c16-13-6-3-5-12(10-18)15(13)21-9-8-11-4-1-2-7-14(11)17(19)20/h1-7,18H,8-10H2. The summed E-state index contributed by atoms with van der Waals surface area (Å²) in [6.45, 7) is 0.0585. The zero-order valence-electron chi connectivity index (χ0n) is 11.2. The summed E-state index contributed by atoms with van der Waals surface area (Å²) in [5.74, 6) is 0.417. The number of para-hydroxylation sites is 2. The molecule has 0 radical (unpaired) electrons. The van der Waals surface area contributed by atoms with Crippen molar-refractivity contribution < 1.29 is 14.8 Å². The molecule has 0 atom stereocenters. The molecule has 0 amide bonds. The van der Waals surface area contributed by atoms with Gasteiger partial charge in [0.1, 0.15) is 5.75 Å². The highest BCUT2D eigenvalue weighted by atomic mass is 35.5. The Morgan fingerprint density at radius 2 is 1.86 bits per heavy atom. The fourth-order valence-corrected chi connectivity index (χ4v) is 2.25. The van der Waals surface area contributed by atoms with Crippen molar-refractivity contribution in [2.45, 2.75) is 13.0 Å². The lowest BCUT2D eigenvalue weighted by atomic mass is 10.1. The quantitative estimate of drug-likeness (QED) is 0.656. The number of nitrogens with zero attached hydrogens (tertiary/aromatic N) is 1. The minimum Gasteiger partial charge on any atom is -0.491 e. The second-order valence-corrected chi connectivity index (χ2v) is 4.78. The van der Waals surface area contributed by atoms with Gasteiger partial charge in [-0.3, -0.25) is 10.1 Å². The van der Waals surface area contributed by atoms with Crippen LogP contribution in [0.3, 0.4) is 0 Å². The highest BCUT2D eigenvalue weighted by Gasteiger charge is 2.13. The maximum Gasteiger partial charge on any atom is 0.272 e. The lowest BCUT2D eigenvalue weighted by molar-refractivity contribution is -0.385. The van der Waals surface area contributed by atoms with E-state index in [0.717, 1.165) is 0 Å². The minimum absolute atomic E-state index is 0.0719. The molecule has 0 saturated heterocycles. The molecule has 1 N–H and O–H groups in total. The fourth-order valence-electron chi connectivity index (χ4n) is 2.00. The number of aliphatic hydroxyl groups is 1. The summed E-state index contributed by atoms with van der Waals surface area (Å²) in [7, 11) is 0. The van der Waals surface area contributed by atoms with E-state index in [2.05, 4.69) is 0 Å². The Kier molecular flexibility index (Phi) is 5.14. The van der Waals surface area contributed by atoms with E-state index in [1.165, 1.54) is 6.07 Å². The third-order valence-electron chi connectivity index (χ3n) is 3.02. The molecule has 2 aromatic rings. The number of hydrogen-bond donors (Lipinski definition) is 1. The molecule has 0 aliphatic rings. The fraction of sp³-hybridized carbons (Fsp3) is 0.200. The van der Waals surface area contributed by atoms with E-state index >= 15 is 0 Å². The number of nitro benzene ring substituents is 1. The van der Waals surface area contributed by atoms with Gasteiger partial charge in [-0.25, -0.2) is 0 Å². The van der Waals surface area contributed by atoms with Crippen molar-refractivity contribution in [3.8, 4) is 5.75 Å².